The summed E-state index contributed by atoms with van der Waals surface area (Å²) in [5.41, 5.74) is 0.336. The van der Waals surface area contributed by atoms with Crippen LogP contribution in [0.4, 0.5) is 5.13 Å². The number of allylic oxidation sites excluding steroid dienone is 1. The molecule has 3 heterocycles. The van der Waals surface area contributed by atoms with Crippen molar-refractivity contribution in [2.75, 3.05) is 19.0 Å². The molecule has 1 aliphatic heterocycles. The zero-order valence-electron chi connectivity index (χ0n) is 33.1. The highest BCUT2D eigenvalue weighted by molar-refractivity contribution is 7.14. The van der Waals surface area contributed by atoms with Crippen LogP contribution in [-0.4, -0.2) is 87.0 Å². The second kappa shape index (κ2) is 17.6. The molecule has 1 aliphatic rings. The molecule has 0 unspecified atom stereocenters. The summed E-state index contributed by atoms with van der Waals surface area (Å²) in [6.07, 6.45) is 1.64. The third-order valence-electron chi connectivity index (χ3n) is 9.89. The molecule has 5 atom stereocenters. The quantitative estimate of drug-likeness (QED) is 0.129. The number of fused-ring (bicyclic) bond motifs is 1. The molecule has 0 spiro atoms. The van der Waals surface area contributed by atoms with Crippen LogP contribution in [0.5, 0.6) is 11.5 Å². The van der Waals surface area contributed by atoms with E-state index in [1.807, 2.05) is 41.5 Å². The molecule has 298 valence electrons. The van der Waals surface area contributed by atoms with Gasteiger partial charge in [-0.2, -0.15) is 0 Å². The number of likely N-dealkylation sites (tertiary alicyclic amines) is 1. The van der Waals surface area contributed by atoms with Crippen LogP contribution in [0.15, 0.2) is 42.3 Å². The van der Waals surface area contributed by atoms with E-state index < -0.39 is 52.8 Å². The molecule has 0 saturated carbocycles. The summed E-state index contributed by atoms with van der Waals surface area (Å²) in [7, 11) is 1.55. The van der Waals surface area contributed by atoms with Crippen molar-refractivity contribution in [2.24, 2.45) is 17.3 Å². The fraction of sp³-hybridized carbons (Fsp3) is 0.525. The molecule has 15 heteroatoms. The third-order valence-corrected chi connectivity index (χ3v) is 10.6. The number of methoxy groups -OCH3 is 1. The lowest BCUT2D eigenvalue weighted by Gasteiger charge is -2.35. The summed E-state index contributed by atoms with van der Waals surface area (Å²) in [5, 5.41) is 21.2. The molecule has 4 N–H and O–H groups in total. The number of aromatic nitrogens is 2. The molecular formula is C40H54N6O8S. The lowest BCUT2D eigenvalue weighted by atomic mass is 9.77. The van der Waals surface area contributed by atoms with Gasteiger partial charge in [-0.05, 0) is 50.2 Å². The van der Waals surface area contributed by atoms with Crippen molar-refractivity contribution in [3.63, 3.8) is 0 Å². The van der Waals surface area contributed by atoms with E-state index in [1.54, 1.807) is 49.8 Å². The van der Waals surface area contributed by atoms with Gasteiger partial charge in [0.15, 0.2) is 5.13 Å². The van der Waals surface area contributed by atoms with Crippen LogP contribution in [0.2, 0.25) is 0 Å². The van der Waals surface area contributed by atoms with Gasteiger partial charge in [-0.3, -0.25) is 19.2 Å². The van der Waals surface area contributed by atoms with Gasteiger partial charge in [-0.1, -0.05) is 40.7 Å². The minimum atomic E-state index is -1.22. The van der Waals surface area contributed by atoms with Crippen LogP contribution in [0.3, 0.4) is 0 Å². The van der Waals surface area contributed by atoms with Crippen molar-refractivity contribution in [3.05, 3.63) is 42.3 Å². The SMILES string of the molecule is C=C[C@@H](C)C[C@@H](NC(=O)[C@@H]1C[C@@H](Oc2cc(-c3csc(NC(C)=O)n3)nc3cc(OC)ccc23)CN1C(=O)[C@@H](CC(=O)NC(C)(C)CC)C(C)(C)C)C(=O)O. The predicted molar refractivity (Wildman–Crippen MR) is 212 cm³/mol. The van der Waals surface area contributed by atoms with Crippen molar-refractivity contribution in [2.45, 2.75) is 105 Å². The maximum absolute atomic E-state index is 14.6. The number of carboxylic acid groups (broad SMARTS) is 1. The number of nitrogens with one attached hydrogen (secondary N) is 3. The Bertz CT molecular complexity index is 1920. The van der Waals surface area contributed by atoms with Gasteiger partial charge in [0.2, 0.25) is 23.6 Å². The van der Waals surface area contributed by atoms with Crippen molar-refractivity contribution in [1.29, 1.82) is 0 Å². The van der Waals surface area contributed by atoms with E-state index in [0.717, 1.165) is 0 Å². The maximum atomic E-state index is 14.6. The smallest absolute Gasteiger partial charge is 0.326 e. The third kappa shape index (κ3) is 11.0. The van der Waals surface area contributed by atoms with Crippen LogP contribution in [0, 0.1) is 17.3 Å². The summed E-state index contributed by atoms with van der Waals surface area (Å²) in [4.78, 5) is 76.7. The highest BCUT2D eigenvalue weighted by Gasteiger charge is 2.46. The van der Waals surface area contributed by atoms with E-state index in [2.05, 4.69) is 27.5 Å². The first-order chi connectivity index (χ1) is 25.7. The number of anilines is 1. The van der Waals surface area contributed by atoms with Gasteiger partial charge in [-0.25, -0.2) is 14.8 Å². The predicted octanol–water partition coefficient (Wildman–Crippen LogP) is 5.81. The summed E-state index contributed by atoms with van der Waals surface area (Å²) < 4.78 is 12.1. The molecule has 55 heavy (non-hydrogen) atoms. The molecule has 1 fully saturated rings. The van der Waals surface area contributed by atoms with E-state index >= 15 is 0 Å². The minimum Gasteiger partial charge on any atom is -0.497 e. The Balaban J connectivity index is 1.74. The number of amides is 4. The Morgan fingerprint density at radius 1 is 1.11 bits per heavy atom. The minimum absolute atomic E-state index is 0.00887. The molecule has 0 bridgehead atoms. The number of pyridine rings is 1. The normalized spacial score (nSPS) is 17.5. The molecule has 1 aromatic carbocycles. The van der Waals surface area contributed by atoms with Crippen molar-refractivity contribution >= 4 is 57.0 Å². The van der Waals surface area contributed by atoms with Crippen LogP contribution in [0.25, 0.3) is 22.3 Å². The van der Waals surface area contributed by atoms with E-state index in [0.29, 0.717) is 45.3 Å². The molecule has 4 rings (SSSR count). The number of benzene rings is 1. The summed E-state index contributed by atoms with van der Waals surface area (Å²) in [6.45, 7) is 18.3. The molecule has 2 aromatic heterocycles. The van der Waals surface area contributed by atoms with Gasteiger partial charge >= 0.3 is 5.97 Å². The fourth-order valence-electron chi connectivity index (χ4n) is 6.31. The molecule has 4 amide bonds. The van der Waals surface area contributed by atoms with Gasteiger partial charge in [0.25, 0.3) is 0 Å². The Morgan fingerprint density at radius 2 is 1.82 bits per heavy atom. The number of carbonyl (C=O) groups is 5. The second-order valence-electron chi connectivity index (χ2n) is 15.8. The van der Waals surface area contributed by atoms with Crippen LogP contribution in [-0.2, 0) is 24.0 Å². The lowest BCUT2D eigenvalue weighted by Crippen LogP contribution is -2.54. The zero-order chi connectivity index (χ0) is 40.8. The number of hydrogen-bond acceptors (Lipinski definition) is 10. The molecule has 3 aromatic rings. The fourth-order valence-corrected chi connectivity index (χ4v) is 7.06. The number of carbonyl (C=O) groups excluding carboxylic acids is 4. The number of ether oxygens (including phenoxy) is 2. The van der Waals surface area contributed by atoms with E-state index in [-0.39, 0.29) is 43.5 Å². The number of thiazole rings is 1. The average molecular weight is 779 g/mol. The molecule has 0 aliphatic carbocycles. The Kier molecular flexibility index (Phi) is 13.7. The number of carboxylic acids is 1. The van der Waals surface area contributed by atoms with Crippen LogP contribution in [0.1, 0.15) is 81.1 Å². The van der Waals surface area contributed by atoms with Gasteiger partial charge < -0.3 is 35.4 Å². The van der Waals surface area contributed by atoms with Gasteiger partial charge in [0.05, 0.1) is 30.8 Å². The van der Waals surface area contributed by atoms with Gasteiger partial charge in [0.1, 0.15) is 35.4 Å². The summed E-state index contributed by atoms with van der Waals surface area (Å²) >= 11 is 1.24. The van der Waals surface area contributed by atoms with Crippen molar-refractivity contribution in [3.8, 4) is 22.9 Å². The summed E-state index contributed by atoms with van der Waals surface area (Å²) in [5.74, 6) is -2.83. The van der Waals surface area contributed by atoms with Crippen LogP contribution >= 0.6 is 11.3 Å². The first-order valence-electron chi connectivity index (χ1n) is 18.4. The second-order valence-corrected chi connectivity index (χ2v) is 16.7. The number of rotatable bonds is 16. The lowest BCUT2D eigenvalue weighted by molar-refractivity contribution is -0.148. The van der Waals surface area contributed by atoms with Crippen molar-refractivity contribution < 1.29 is 38.6 Å². The maximum Gasteiger partial charge on any atom is 0.326 e. The Hall–Kier alpha value is -5.05. The number of hydrogen-bond donors (Lipinski definition) is 4. The Labute approximate surface area is 326 Å². The molecule has 0 radical (unpaired) electrons. The van der Waals surface area contributed by atoms with E-state index in [4.69, 9.17) is 14.5 Å². The monoisotopic (exact) mass is 778 g/mol. The molecule has 1 saturated heterocycles. The largest absolute Gasteiger partial charge is 0.497 e. The average Bonchev–Trinajstić information content (AvgIpc) is 3.76. The standard InChI is InChI=1S/C40H54N6O8S/c1-11-22(3)15-30(37(51)52)43-35(49)32-17-25(20-46(32)36(50)27(39(5,6)7)18-34(48)45-40(8,9)12-2)54-33-19-29(31-21-55-38(44-31)41-23(4)47)42-28-16-24(53-10)13-14-26(28)33/h11,13-14,16,19,21-22,25,27,30,32H,1,12,15,17-18,20H2,2-10H3,(H,43,49)(H,45,48)(H,51,52)(H,41,44,47)/t22-,25-,27-,30-,32+/m1/s1. The first-order valence-corrected chi connectivity index (χ1v) is 19.3. The summed E-state index contributed by atoms with van der Waals surface area (Å²) in [6, 6.07) is 4.73. The number of aliphatic carboxylic acids is 1. The zero-order valence-corrected chi connectivity index (χ0v) is 34.0. The molecular weight excluding hydrogens is 725 g/mol. The highest BCUT2D eigenvalue weighted by atomic mass is 32.1. The van der Waals surface area contributed by atoms with Gasteiger partial charge in [0, 0.05) is 48.2 Å². The van der Waals surface area contributed by atoms with Crippen LogP contribution < -0.4 is 25.4 Å². The Morgan fingerprint density at radius 3 is 2.42 bits per heavy atom. The van der Waals surface area contributed by atoms with E-state index in [1.165, 1.54) is 23.2 Å². The first kappa shape index (κ1) is 42.7. The van der Waals surface area contributed by atoms with Crippen molar-refractivity contribution in [1.82, 2.24) is 25.5 Å². The highest BCUT2D eigenvalue weighted by Crippen LogP contribution is 2.37. The van der Waals surface area contributed by atoms with E-state index in [9.17, 15) is 29.1 Å². The topological polar surface area (TPSA) is 189 Å². The van der Waals surface area contributed by atoms with Gasteiger partial charge in [-0.15, -0.1) is 17.9 Å². The number of nitrogens with zero attached hydrogens (tertiary/aromatic N) is 3. The molecule has 14 nitrogen and oxygen atoms in total.